The van der Waals surface area contributed by atoms with Gasteiger partial charge in [-0.25, -0.2) is 0 Å². The van der Waals surface area contributed by atoms with Crippen LogP contribution in [0.5, 0.6) is 0 Å². The highest BCUT2D eigenvalue weighted by Crippen LogP contribution is 3.46. The number of hydrogen-bond acceptors (Lipinski definition) is 0. The van der Waals surface area contributed by atoms with E-state index in [9.17, 15) is 0 Å². The molecule has 184 valence electrons. The van der Waals surface area contributed by atoms with Gasteiger partial charge in [0.2, 0.25) is 0 Å². The second kappa shape index (κ2) is 3.20. The van der Waals surface area contributed by atoms with E-state index in [4.69, 9.17) is 0 Å². The summed E-state index contributed by atoms with van der Waals surface area (Å²) in [7, 11) is 0. The minimum atomic E-state index is 0.0241. The van der Waals surface area contributed by atoms with Gasteiger partial charge in [-0.1, -0.05) is 146 Å². The molecule has 0 amide bonds. The van der Waals surface area contributed by atoms with Crippen molar-refractivity contribution in [3.63, 3.8) is 0 Å². The summed E-state index contributed by atoms with van der Waals surface area (Å²) in [6, 6.07) is 0. The molecule has 18 aliphatic carbocycles. The van der Waals surface area contributed by atoms with Crippen molar-refractivity contribution in [2.75, 3.05) is 0 Å². The molecule has 0 aromatic heterocycles. The van der Waals surface area contributed by atoms with Crippen LogP contribution in [-0.4, -0.2) is 0 Å². The smallest absolute Gasteiger partial charge is 0.0318 e. The monoisotopic (exact) mass is 504 g/mol. The zero-order chi connectivity index (χ0) is 25.0. The first kappa shape index (κ1) is 17.0. The molecule has 0 heterocycles. The third-order valence-corrected chi connectivity index (χ3v) is 19.6. The summed E-state index contributed by atoms with van der Waals surface area (Å²) in [4.78, 5) is 0. The molecule has 0 radical (unpaired) electrons. The fourth-order valence-electron chi connectivity index (χ4n) is 21.8. The SMILES string of the molecule is C1=CC23C=CC45C=CC67C=CC18C=CC19C=CC%10(C=C2)C=CC2(C=C4)C=CC(C=C6)(C=C1)C14C76C87C38C56C21C%108C974. The first-order chi connectivity index (χ1) is 19.5. The molecule has 18 aliphatic rings. The zero-order valence-electron chi connectivity index (χ0n) is 21.9. The van der Waals surface area contributed by atoms with Crippen LogP contribution in [0, 0.1) is 86.6 Å². The Kier molecular flexibility index (Phi) is 1.36. The molecule has 6 saturated carbocycles. The molecule has 40 heavy (non-hydrogen) atoms. The van der Waals surface area contributed by atoms with Crippen LogP contribution in [-0.2, 0) is 0 Å². The molecule has 0 atom stereocenters. The van der Waals surface area contributed by atoms with Gasteiger partial charge >= 0.3 is 0 Å². The van der Waals surface area contributed by atoms with Crippen LogP contribution in [0.4, 0.5) is 0 Å². The highest BCUT2D eigenvalue weighted by molar-refractivity contribution is 6.00. The second-order valence-corrected chi connectivity index (χ2v) is 17.5. The topological polar surface area (TPSA) is 0 Å². The van der Waals surface area contributed by atoms with Crippen molar-refractivity contribution in [1.82, 2.24) is 0 Å². The third-order valence-electron chi connectivity index (χ3n) is 19.6. The molecule has 0 aliphatic heterocycles. The number of rotatable bonds is 0. The Labute approximate surface area is 232 Å². The average molecular weight is 505 g/mol. The first-order valence-corrected chi connectivity index (χ1v) is 15.9. The second-order valence-electron chi connectivity index (χ2n) is 17.5. The molecule has 8 spiro atoms. The van der Waals surface area contributed by atoms with E-state index in [0.29, 0.717) is 0 Å². The standard InChI is InChI=1S/C40H24/c1-2-26-7-9-29-15-11-27-5-3-25(1)4-6-28-12-16-30(10-8-26)20-23-32(22-19-29)24-21-31(17-13-27,18-14-28)39-35(27)33(25)34(26)37(29,35)40(32,39)38(30,34)36(28,33)39/h1-24H. The van der Waals surface area contributed by atoms with E-state index < -0.39 is 0 Å². The van der Waals surface area contributed by atoms with Gasteiger partial charge in [0.15, 0.2) is 0 Å². The molecular weight excluding hydrogens is 480 g/mol. The van der Waals surface area contributed by atoms with Crippen LogP contribution in [0.2, 0.25) is 0 Å². The van der Waals surface area contributed by atoms with Gasteiger partial charge < -0.3 is 0 Å². The minimum Gasteiger partial charge on any atom is -0.0730 e. The fraction of sp³-hybridized carbons (Fsp3) is 0.400. The first-order valence-electron chi connectivity index (χ1n) is 15.9. The summed E-state index contributed by atoms with van der Waals surface area (Å²) in [6.45, 7) is 0. The molecule has 0 unspecified atom stereocenters. The van der Waals surface area contributed by atoms with Gasteiger partial charge in [-0.3, -0.25) is 0 Å². The van der Waals surface area contributed by atoms with E-state index in [1.165, 1.54) is 0 Å². The lowest BCUT2D eigenvalue weighted by molar-refractivity contribution is -0.951. The van der Waals surface area contributed by atoms with Gasteiger partial charge in [-0.05, 0) is 0 Å². The van der Waals surface area contributed by atoms with Crippen molar-refractivity contribution in [2.24, 2.45) is 86.6 Å². The largest absolute Gasteiger partial charge is 0.0730 e. The van der Waals surface area contributed by atoms with Crippen LogP contribution in [0.15, 0.2) is 146 Å². The van der Waals surface area contributed by atoms with E-state index in [1.54, 1.807) is 0 Å². The summed E-state index contributed by atoms with van der Waals surface area (Å²) >= 11 is 0. The van der Waals surface area contributed by atoms with E-state index >= 15 is 0 Å². The number of hydrogen-bond donors (Lipinski definition) is 0. The van der Waals surface area contributed by atoms with Crippen molar-refractivity contribution in [1.29, 1.82) is 0 Å². The lowest BCUT2D eigenvalue weighted by Crippen LogP contribution is -3.42. The summed E-state index contributed by atoms with van der Waals surface area (Å²) in [5, 5.41) is 0. The van der Waals surface area contributed by atoms with Gasteiger partial charge in [0, 0.05) is 86.6 Å². The predicted molar refractivity (Wildman–Crippen MR) is 149 cm³/mol. The van der Waals surface area contributed by atoms with Crippen molar-refractivity contribution in [3.8, 4) is 0 Å². The molecule has 0 saturated heterocycles. The van der Waals surface area contributed by atoms with E-state index in [-0.39, 0.29) is 86.6 Å². The van der Waals surface area contributed by atoms with Gasteiger partial charge in [-0.15, -0.1) is 0 Å². The Hall–Kier alpha value is -3.12. The van der Waals surface area contributed by atoms with Crippen molar-refractivity contribution < 1.29 is 0 Å². The molecule has 6 fully saturated rings. The predicted octanol–water partition coefficient (Wildman–Crippen LogP) is 6.67. The highest BCUT2D eigenvalue weighted by Gasteiger charge is 3.46. The van der Waals surface area contributed by atoms with Gasteiger partial charge in [0.05, 0.1) is 0 Å². The maximum Gasteiger partial charge on any atom is 0.0318 e. The van der Waals surface area contributed by atoms with Gasteiger partial charge in [-0.2, -0.15) is 0 Å². The summed E-state index contributed by atoms with van der Waals surface area (Å²) in [6.07, 6.45) is 65.8. The Bertz CT molecular complexity index is 1520. The van der Waals surface area contributed by atoms with Crippen LogP contribution < -0.4 is 0 Å². The molecule has 0 aromatic rings. The molecular formula is C40H24. The van der Waals surface area contributed by atoms with Crippen molar-refractivity contribution in [2.45, 2.75) is 0 Å². The zero-order valence-corrected chi connectivity index (χ0v) is 21.9. The van der Waals surface area contributed by atoms with E-state index in [2.05, 4.69) is 146 Å². The van der Waals surface area contributed by atoms with E-state index in [1.807, 2.05) is 0 Å². The molecule has 0 nitrogen and oxygen atoms in total. The van der Waals surface area contributed by atoms with Crippen LogP contribution >= 0.6 is 0 Å². The van der Waals surface area contributed by atoms with Crippen LogP contribution in [0.25, 0.3) is 0 Å². The molecule has 18 rings (SSSR count). The van der Waals surface area contributed by atoms with Gasteiger partial charge in [0.25, 0.3) is 0 Å². The minimum absolute atomic E-state index is 0.0241. The molecule has 0 aromatic carbocycles. The van der Waals surface area contributed by atoms with Crippen molar-refractivity contribution in [3.05, 3.63) is 146 Å². The van der Waals surface area contributed by atoms with Crippen LogP contribution in [0.3, 0.4) is 0 Å². The Balaban J connectivity index is 1.35. The Morgan fingerprint density at radius 3 is 0.275 bits per heavy atom. The molecule has 0 N–H and O–H groups in total. The third kappa shape index (κ3) is 0.588. The molecule has 0 heteroatoms. The maximum absolute atomic E-state index is 2.74. The van der Waals surface area contributed by atoms with E-state index in [0.717, 1.165) is 0 Å². The summed E-state index contributed by atoms with van der Waals surface area (Å²) in [5.74, 6) is 0. The van der Waals surface area contributed by atoms with Crippen LogP contribution in [0.1, 0.15) is 0 Å². The summed E-state index contributed by atoms with van der Waals surface area (Å²) < 4.78 is 0. The van der Waals surface area contributed by atoms with Gasteiger partial charge in [0.1, 0.15) is 0 Å². The lowest BCUT2D eigenvalue weighted by atomic mass is 8.58. The van der Waals surface area contributed by atoms with Crippen molar-refractivity contribution >= 4 is 0 Å². The number of allylic oxidation sites excluding steroid dienone is 24. The molecule has 0 bridgehead atoms. The Morgan fingerprint density at radius 1 is 0.125 bits per heavy atom. The normalized spacial score (nSPS) is 86.4. The Morgan fingerprint density at radius 2 is 0.200 bits per heavy atom. The fourth-order valence-corrected chi connectivity index (χ4v) is 21.8. The average Bonchev–Trinajstić information content (AvgIpc) is 2.99. The summed E-state index contributed by atoms with van der Waals surface area (Å²) in [5.41, 5.74) is 2.16. The highest BCUT2D eigenvalue weighted by atomic mass is 15.5. The quantitative estimate of drug-likeness (QED) is 0.323. The lowest BCUT2D eigenvalue weighted by Gasteiger charge is -3.42. The maximum atomic E-state index is 2.74.